The summed E-state index contributed by atoms with van der Waals surface area (Å²) >= 11 is 0. The Hall–Kier alpha value is -2.83. The first-order valence-electron chi connectivity index (χ1n) is 5.67. The van der Waals surface area contributed by atoms with Crippen molar-refractivity contribution in [3.8, 4) is 0 Å². The summed E-state index contributed by atoms with van der Waals surface area (Å²) in [6.45, 7) is 0. The number of carbonyl (C=O) groups is 1. The molecule has 4 N–H and O–H groups in total. The minimum atomic E-state index is -0.288. The molecule has 7 nitrogen and oxygen atoms in total. The molecule has 3 rings (SSSR count). The SMILES string of the molecule is Cn1ncc(C(=O)Nc2ccc3cn[nH]c3c2)c1N. The van der Waals surface area contributed by atoms with Crippen LogP contribution in [0.25, 0.3) is 10.9 Å². The Kier molecular flexibility index (Phi) is 2.45. The zero-order valence-corrected chi connectivity index (χ0v) is 10.2. The number of aromatic amines is 1. The molecule has 7 heteroatoms. The molecule has 0 saturated carbocycles. The smallest absolute Gasteiger partial charge is 0.261 e. The Morgan fingerprint density at radius 3 is 3.00 bits per heavy atom. The van der Waals surface area contributed by atoms with Gasteiger partial charge < -0.3 is 11.1 Å². The fourth-order valence-corrected chi connectivity index (χ4v) is 1.84. The highest BCUT2D eigenvalue weighted by Crippen LogP contribution is 2.18. The predicted molar refractivity (Wildman–Crippen MR) is 71.7 cm³/mol. The summed E-state index contributed by atoms with van der Waals surface area (Å²) in [6, 6.07) is 5.50. The quantitative estimate of drug-likeness (QED) is 0.639. The standard InChI is InChI=1S/C12H12N6O/c1-18-11(13)9(6-15-18)12(19)16-8-3-2-7-5-14-17-10(7)4-8/h2-6H,13H2,1H3,(H,14,17)(H,16,19). The van der Waals surface area contributed by atoms with Crippen LogP contribution in [0.15, 0.2) is 30.6 Å². The van der Waals surface area contributed by atoms with E-state index in [9.17, 15) is 4.79 Å². The van der Waals surface area contributed by atoms with Crippen molar-refractivity contribution in [3.05, 3.63) is 36.2 Å². The first-order chi connectivity index (χ1) is 9.15. The van der Waals surface area contributed by atoms with Gasteiger partial charge in [0.25, 0.3) is 5.91 Å². The Labute approximate surface area is 108 Å². The Morgan fingerprint density at radius 2 is 2.26 bits per heavy atom. The van der Waals surface area contributed by atoms with Crippen LogP contribution >= 0.6 is 0 Å². The number of fused-ring (bicyclic) bond motifs is 1. The van der Waals surface area contributed by atoms with Crippen LogP contribution in [-0.4, -0.2) is 25.9 Å². The predicted octanol–water partition coefficient (Wildman–Crippen LogP) is 1.13. The summed E-state index contributed by atoms with van der Waals surface area (Å²) in [4.78, 5) is 12.1. The van der Waals surface area contributed by atoms with Crippen LogP contribution in [0.2, 0.25) is 0 Å². The van der Waals surface area contributed by atoms with Gasteiger partial charge in [-0.05, 0) is 18.2 Å². The van der Waals surface area contributed by atoms with Crippen LogP contribution in [0.4, 0.5) is 11.5 Å². The van der Waals surface area contributed by atoms with Gasteiger partial charge in [-0.1, -0.05) is 0 Å². The average Bonchev–Trinajstić information content (AvgIpc) is 2.97. The maximum absolute atomic E-state index is 12.1. The van der Waals surface area contributed by atoms with E-state index in [-0.39, 0.29) is 5.91 Å². The van der Waals surface area contributed by atoms with E-state index in [0.29, 0.717) is 17.1 Å². The van der Waals surface area contributed by atoms with Gasteiger partial charge in [0.05, 0.1) is 17.9 Å². The molecule has 2 aromatic heterocycles. The largest absolute Gasteiger partial charge is 0.383 e. The van der Waals surface area contributed by atoms with E-state index >= 15 is 0 Å². The highest BCUT2D eigenvalue weighted by Gasteiger charge is 2.13. The number of nitrogens with two attached hydrogens (primary N) is 1. The fourth-order valence-electron chi connectivity index (χ4n) is 1.84. The topological polar surface area (TPSA) is 102 Å². The molecule has 0 aliphatic heterocycles. The minimum Gasteiger partial charge on any atom is -0.383 e. The molecule has 0 radical (unpaired) electrons. The monoisotopic (exact) mass is 256 g/mol. The van der Waals surface area contributed by atoms with Gasteiger partial charge in [0.1, 0.15) is 11.4 Å². The Balaban J connectivity index is 1.88. The molecule has 0 fully saturated rings. The van der Waals surface area contributed by atoms with E-state index < -0.39 is 0 Å². The lowest BCUT2D eigenvalue weighted by Gasteiger charge is -2.04. The van der Waals surface area contributed by atoms with Gasteiger partial charge in [-0.15, -0.1) is 0 Å². The van der Waals surface area contributed by atoms with Gasteiger partial charge in [0.2, 0.25) is 0 Å². The number of nitrogens with one attached hydrogen (secondary N) is 2. The summed E-state index contributed by atoms with van der Waals surface area (Å²) in [5.41, 5.74) is 7.64. The number of hydrogen-bond donors (Lipinski definition) is 3. The number of aryl methyl sites for hydroxylation is 1. The lowest BCUT2D eigenvalue weighted by molar-refractivity contribution is 0.102. The van der Waals surface area contributed by atoms with E-state index in [4.69, 9.17) is 5.73 Å². The molecule has 3 aromatic rings. The highest BCUT2D eigenvalue weighted by atomic mass is 16.1. The lowest BCUT2D eigenvalue weighted by atomic mass is 10.2. The molecular weight excluding hydrogens is 244 g/mol. The number of aromatic nitrogens is 4. The number of rotatable bonds is 2. The van der Waals surface area contributed by atoms with Gasteiger partial charge in [0, 0.05) is 18.1 Å². The summed E-state index contributed by atoms with van der Waals surface area (Å²) < 4.78 is 1.45. The summed E-state index contributed by atoms with van der Waals surface area (Å²) in [5.74, 6) is 0.0459. The number of amides is 1. The van der Waals surface area contributed by atoms with Crippen LogP contribution in [0.3, 0.4) is 0 Å². The zero-order chi connectivity index (χ0) is 13.4. The molecule has 96 valence electrons. The number of nitrogens with zero attached hydrogens (tertiary/aromatic N) is 3. The van der Waals surface area contributed by atoms with Gasteiger partial charge in [-0.25, -0.2) is 0 Å². The second-order valence-corrected chi connectivity index (χ2v) is 4.19. The van der Waals surface area contributed by atoms with Crippen molar-refractivity contribution >= 4 is 28.3 Å². The van der Waals surface area contributed by atoms with Crippen molar-refractivity contribution in [2.24, 2.45) is 7.05 Å². The second-order valence-electron chi connectivity index (χ2n) is 4.19. The molecule has 0 atom stereocenters. The maximum atomic E-state index is 12.1. The van der Waals surface area contributed by atoms with E-state index in [2.05, 4.69) is 20.6 Å². The number of nitrogen functional groups attached to an aromatic ring is 1. The third-order valence-corrected chi connectivity index (χ3v) is 2.93. The molecule has 0 unspecified atom stereocenters. The van der Waals surface area contributed by atoms with Crippen LogP contribution in [0.1, 0.15) is 10.4 Å². The average molecular weight is 256 g/mol. The molecule has 0 aliphatic rings. The molecular formula is C12H12N6O. The van der Waals surface area contributed by atoms with E-state index in [1.165, 1.54) is 10.9 Å². The molecule has 2 heterocycles. The van der Waals surface area contributed by atoms with Crippen molar-refractivity contribution in [2.45, 2.75) is 0 Å². The number of H-pyrrole nitrogens is 1. The fraction of sp³-hybridized carbons (Fsp3) is 0.0833. The number of carbonyl (C=O) groups excluding carboxylic acids is 1. The normalized spacial score (nSPS) is 10.8. The molecule has 0 saturated heterocycles. The van der Waals surface area contributed by atoms with Crippen LogP contribution in [-0.2, 0) is 7.05 Å². The van der Waals surface area contributed by atoms with Gasteiger partial charge >= 0.3 is 0 Å². The van der Waals surface area contributed by atoms with Crippen LogP contribution in [0.5, 0.6) is 0 Å². The van der Waals surface area contributed by atoms with Crippen molar-refractivity contribution in [3.63, 3.8) is 0 Å². The third kappa shape index (κ3) is 1.90. The molecule has 0 spiro atoms. The van der Waals surface area contributed by atoms with E-state index in [1.807, 2.05) is 18.2 Å². The van der Waals surface area contributed by atoms with Gasteiger partial charge in [-0.2, -0.15) is 10.2 Å². The van der Waals surface area contributed by atoms with Crippen molar-refractivity contribution in [1.82, 2.24) is 20.0 Å². The van der Waals surface area contributed by atoms with E-state index in [0.717, 1.165) is 10.9 Å². The van der Waals surface area contributed by atoms with Crippen LogP contribution < -0.4 is 11.1 Å². The molecule has 1 amide bonds. The molecule has 1 aromatic carbocycles. The third-order valence-electron chi connectivity index (χ3n) is 2.93. The molecule has 19 heavy (non-hydrogen) atoms. The number of anilines is 2. The second kappa shape index (κ2) is 4.13. The summed E-state index contributed by atoms with van der Waals surface area (Å²) in [5, 5.41) is 14.5. The summed E-state index contributed by atoms with van der Waals surface area (Å²) in [7, 11) is 1.68. The lowest BCUT2D eigenvalue weighted by Crippen LogP contribution is -2.13. The number of hydrogen-bond acceptors (Lipinski definition) is 4. The summed E-state index contributed by atoms with van der Waals surface area (Å²) in [6.07, 6.45) is 3.17. The Morgan fingerprint density at radius 1 is 1.42 bits per heavy atom. The number of benzene rings is 1. The van der Waals surface area contributed by atoms with E-state index in [1.54, 1.807) is 13.2 Å². The van der Waals surface area contributed by atoms with Crippen molar-refractivity contribution < 1.29 is 4.79 Å². The maximum Gasteiger partial charge on any atom is 0.261 e. The van der Waals surface area contributed by atoms with Gasteiger partial charge in [-0.3, -0.25) is 14.6 Å². The first-order valence-corrected chi connectivity index (χ1v) is 5.67. The van der Waals surface area contributed by atoms with Crippen molar-refractivity contribution in [1.29, 1.82) is 0 Å². The van der Waals surface area contributed by atoms with Gasteiger partial charge in [0.15, 0.2) is 0 Å². The van der Waals surface area contributed by atoms with Crippen LogP contribution in [0, 0.1) is 0 Å². The minimum absolute atomic E-state index is 0.288. The highest BCUT2D eigenvalue weighted by molar-refractivity contribution is 6.07. The molecule has 0 bridgehead atoms. The first kappa shape index (κ1) is 11.3. The Bertz CT molecular complexity index is 757. The molecule has 0 aliphatic carbocycles. The zero-order valence-electron chi connectivity index (χ0n) is 10.2. The van der Waals surface area contributed by atoms with Crippen molar-refractivity contribution in [2.75, 3.05) is 11.1 Å².